The molecule has 0 aromatic heterocycles. The summed E-state index contributed by atoms with van der Waals surface area (Å²) in [6, 6.07) is 10.5. The highest BCUT2D eigenvalue weighted by atomic mass is 15.0. The van der Waals surface area contributed by atoms with Crippen molar-refractivity contribution in [3.63, 3.8) is 0 Å². The SMILES string of the molecule is C[C@H](CCc1ccccc1)N=C(N)N. The minimum absolute atomic E-state index is 0.172. The molecule has 0 spiro atoms. The third-order valence-electron chi connectivity index (χ3n) is 2.06. The van der Waals surface area contributed by atoms with E-state index in [0.29, 0.717) is 0 Å². The summed E-state index contributed by atoms with van der Waals surface area (Å²) in [5.41, 5.74) is 11.9. The average molecular weight is 191 g/mol. The molecule has 0 aliphatic carbocycles. The van der Waals surface area contributed by atoms with Crippen LogP contribution in [0.2, 0.25) is 0 Å². The number of aliphatic imine (C=N–C) groups is 1. The highest BCUT2D eigenvalue weighted by Crippen LogP contribution is 2.06. The van der Waals surface area contributed by atoms with Crippen molar-refractivity contribution in [2.45, 2.75) is 25.8 Å². The van der Waals surface area contributed by atoms with Gasteiger partial charge in [-0.25, -0.2) is 0 Å². The van der Waals surface area contributed by atoms with Gasteiger partial charge in [-0.05, 0) is 25.3 Å². The molecule has 0 saturated carbocycles. The van der Waals surface area contributed by atoms with Crippen molar-refractivity contribution >= 4 is 5.96 Å². The van der Waals surface area contributed by atoms with E-state index in [0.717, 1.165) is 12.8 Å². The molecule has 3 heteroatoms. The van der Waals surface area contributed by atoms with Crippen LogP contribution in [-0.2, 0) is 6.42 Å². The lowest BCUT2D eigenvalue weighted by molar-refractivity contribution is 0.667. The van der Waals surface area contributed by atoms with Gasteiger partial charge in [-0.15, -0.1) is 0 Å². The van der Waals surface area contributed by atoms with Gasteiger partial charge < -0.3 is 11.5 Å². The first kappa shape index (κ1) is 10.6. The molecule has 0 saturated heterocycles. The summed E-state index contributed by atoms with van der Waals surface area (Å²) < 4.78 is 0. The van der Waals surface area contributed by atoms with Gasteiger partial charge in [0.25, 0.3) is 0 Å². The van der Waals surface area contributed by atoms with E-state index in [1.54, 1.807) is 0 Å². The molecule has 76 valence electrons. The molecule has 0 radical (unpaired) electrons. The Bertz CT molecular complexity index is 289. The monoisotopic (exact) mass is 191 g/mol. The number of guanidine groups is 1. The summed E-state index contributed by atoms with van der Waals surface area (Å²) in [6.45, 7) is 2.02. The molecule has 14 heavy (non-hydrogen) atoms. The fraction of sp³-hybridized carbons (Fsp3) is 0.364. The van der Waals surface area contributed by atoms with E-state index < -0.39 is 0 Å². The van der Waals surface area contributed by atoms with Crippen molar-refractivity contribution in [3.8, 4) is 0 Å². The van der Waals surface area contributed by atoms with Crippen LogP contribution in [0.15, 0.2) is 35.3 Å². The van der Waals surface area contributed by atoms with Gasteiger partial charge in [-0.2, -0.15) is 0 Å². The Morgan fingerprint density at radius 2 is 1.93 bits per heavy atom. The maximum absolute atomic E-state index is 5.29. The number of rotatable bonds is 4. The number of nitrogens with zero attached hydrogens (tertiary/aromatic N) is 1. The fourth-order valence-electron chi connectivity index (χ4n) is 1.34. The molecular weight excluding hydrogens is 174 g/mol. The molecule has 0 aliphatic heterocycles. The van der Waals surface area contributed by atoms with Crippen LogP contribution in [0.5, 0.6) is 0 Å². The molecule has 0 heterocycles. The second kappa shape index (κ2) is 5.27. The van der Waals surface area contributed by atoms with Gasteiger partial charge in [0, 0.05) is 0 Å². The molecule has 4 N–H and O–H groups in total. The van der Waals surface area contributed by atoms with E-state index in [-0.39, 0.29) is 12.0 Å². The van der Waals surface area contributed by atoms with Crippen LogP contribution in [0.3, 0.4) is 0 Å². The summed E-state index contributed by atoms with van der Waals surface area (Å²) in [5.74, 6) is 0.172. The van der Waals surface area contributed by atoms with Crippen LogP contribution in [0, 0.1) is 0 Å². The minimum atomic E-state index is 0.172. The van der Waals surface area contributed by atoms with E-state index in [9.17, 15) is 0 Å². The largest absolute Gasteiger partial charge is 0.370 e. The molecule has 0 aliphatic rings. The third-order valence-corrected chi connectivity index (χ3v) is 2.06. The highest BCUT2D eigenvalue weighted by molar-refractivity contribution is 5.75. The predicted molar refractivity (Wildman–Crippen MR) is 60.0 cm³/mol. The van der Waals surface area contributed by atoms with Crippen molar-refractivity contribution in [3.05, 3.63) is 35.9 Å². The fourth-order valence-corrected chi connectivity index (χ4v) is 1.34. The number of hydrogen-bond donors (Lipinski definition) is 2. The van der Waals surface area contributed by atoms with E-state index >= 15 is 0 Å². The third kappa shape index (κ3) is 3.94. The standard InChI is InChI=1S/C11H17N3/c1-9(14-11(12)13)7-8-10-5-3-2-4-6-10/h2-6,9H,7-8H2,1H3,(H4,12,13,14)/t9-/m1/s1. The first-order valence-electron chi connectivity index (χ1n) is 4.81. The van der Waals surface area contributed by atoms with Gasteiger partial charge in [0.2, 0.25) is 0 Å². The van der Waals surface area contributed by atoms with Crippen LogP contribution < -0.4 is 11.5 Å². The maximum Gasteiger partial charge on any atom is 0.186 e. The Labute approximate surface area is 84.8 Å². The van der Waals surface area contributed by atoms with Crippen LogP contribution >= 0.6 is 0 Å². The lowest BCUT2D eigenvalue weighted by atomic mass is 10.1. The van der Waals surface area contributed by atoms with Gasteiger partial charge >= 0.3 is 0 Å². The highest BCUT2D eigenvalue weighted by Gasteiger charge is 2.00. The molecule has 0 unspecified atom stereocenters. The summed E-state index contributed by atoms with van der Waals surface area (Å²) >= 11 is 0. The first-order valence-corrected chi connectivity index (χ1v) is 4.81. The smallest absolute Gasteiger partial charge is 0.186 e. The maximum atomic E-state index is 5.29. The summed E-state index contributed by atoms with van der Waals surface area (Å²) in [6.07, 6.45) is 1.99. The zero-order valence-corrected chi connectivity index (χ0v) is 8.48. The van der Waals surface area contributed by atoms with Crippen molar-refractivity contribution in [2.75, 3.05) is 0 Å². The zero-order chi connectivity index (χ0) is 10.4. The normalized spacial score (nSPS) is 12.1. The lowest BCUT2D eigenvalue weighted by Gasteiger charge is -2.06. The van der Waals surface area contributed by atoms with Crippen LogP contribution in [0.4, 0.5) is 0 Å². The number of hydrogen-bond acceptors (Lipinski definition) is 1. The van der Waals surface area contributed by atoms with Crippen molar-refractivity contribution in [1.29, 1.82) is 0 Å². The Balaban J connectivity index is 2.38. The molecule has 0 amide bonds. The van der Waals surface area contributed by atoms with E-state index in [4.69, 9.17) is 11.5 Å². The van der Waals surface area contributed by atoms with Crippen molar-refractivity contribution < 1.29 is 0 Å². The molecular formula is C11H17N3. The minimum Gasteiger partial charge on any atom is -0.370 e. The van der Waals surface area contributed by atoms with E-state index in [1.807, 2.05) is 25.1 Å². The second-order valence-electron chi connectivity index (χ2n) is 3.43. The summed E-state index contributed by atoms with van der Waals surface area (Å²) in [5, 5.41) is 0. The number of benzene rings is 1. The quantitative estimate of drug-likeness (QED) is 0.556. The van der Waals surface area contributed by atoms with Gasteiger partial charge in [0.15, 0.2) is 5.96 Å². The van der Waals surface area contributed by atoms with Gasteiger partial charge in [-0.3, -0.25) is 4.99 Å². The number of aryl methyl sites for hydroxylation is 1. The van der Waals surface area contributed by atoms with Crippen molar-refractivity contribution in [2.24, 2.45) is 16.5 Å². The summed E-state index contributed by atoms with van der Waals surface area (Å²) in [4.78, 5) is 4.06. The average Bonchev–Trinajstić information content (AvgIpc) is 2.15. The van der Waals surface area contributed by atoms with Crippen LogP contribution in [0.1, 0.15) is 18.9 Å². The van der Waals surface area contributed by atoms with E-state index in [1.165, 1.54) is 5.56 Å². The zero-order valence-electron chi connectivity index (χ0n) is 8.48. The molecule has 0 fully saturated rings. The van der Waals surface area contributed by atoms with Gasteiger partial charge in [0.05, 0.1) is 6.04 Å². The molecule has 1 aromatic carbocycles. The molecule has 3 nitrogen and oxygen atoms in total. The van der Waals surface area contributed by atoms with Crippen LogP contribution in [0.25, 0.3) is 0 Å². The number of nitrogens with two attached hydrogens (primary N) is 2. The molecule has 1 atom stereocenters. The topological polar surface area (TPSA) is 64.4 Å². The second-order valence-corrected chi connectivity index (χ2v) is 3.43. The first-order chi connectivity index (χ1) is 6.68. The predicted octanol–water partition coefficient (Wildman–Crippen LogP) is 1.28. The van der Waals surface area contributed by atoms with E-state index in [2.05, 4.69) is 17.1 Å². The Hall–Kier alpha value is -1.51. The Morgan fingerprint density at radius 1 is 1.29 bits per heavy atom. The van der Waals surface area contributed by atoms with Crippen LogP contribution in [-0.4, -0.2) is 12.0 Å². The Kier molecular flexibility index (Phi) is 3.98. The Morgan fingerprint density at radius 3 is 2.50 bits per heavy atom. The molecule has 1 rings (SSSR count). The van der Waals surface area contributed by atoms with Crippen molar-refractivity contribution in [1.82, 2.24) is 0 Å². The van der Waals surface area contributed by atoms with Gasteiger partial charge in [0.1, 0.15) is 0 Å². The molecule has 0 bridgehead atoms. The molecule has 1 aromatic rings. The van der Waals surface area contributed by atoms with Gasteiger partial charge in [-0.1, -0.05) is 30.3 Å². The lowest BCUT2D eigenvalue weighted by Crippen LogP contribution is -2.24. The summed E-state index contributed by atoms with van der Waals surface area (Å²) in [7, 11) is 0.